The molecule has 0 radical (unpaired) electrons. The maximum atomic E-state index is 14.2. The van der Waals surface area contributed by atoms with Crippen LogP contribution in [0.3, 0.4) is 0 Å². The Bertz CT molecular complexity index is 1530. The van der Waals surface area contributed by atoms with Crippen molar-refractivity contribution in [3.05, 3.63) is 72.2 Å². The second-order valence-corrected chi connectivity index (χ2v) is 11.5. The highest BCUT2D eigenvalue weighted by Crippen LogP contribution is 2.35. The largest absolute Gasteiger partial charge is 0.497 e. The van der Waals surface area contributed by atoms with Crippen LogP contribution >= 0.6 is 11.3 Å². The number of nitrogens with zero attached hydrogens (tertiary/aromatic N) is 3. The van der Waals surface area contributed by atoms with Crippen LogP contribution in [0.25, 0.3) is 10.2 Å². The van der Waals surface area contributed by atoms with Crippen molar-refractivity contribution in [1.82, 2.24) is 9.29 Å². The summed E-state index contributed by atoms with van der Waals surface area (Å²) in [4.78, 5) is 19.2. The van der Waals surface area contributed by atoms with Gasteiger partial charge in [0.05, 0.1) is 30.1 Å². The summed E-state index contributed by atoms with van der Waals surface area (Å²) < 4.78 is 66.4. The lowest BCUT2D eigenvalue weighted by molar-refractivity contribution is -0.123. The fourth-order valence-electron chi connectivity index (χ4n) is 4.31. The molecule has 8 nitrogen and oxygen atoms in total. The number of methoxy groups -OCH3 is 1. The van der Waals surface area contributed by atoms with Crippen LogP contribution in [0.4, 0.5) is 13.9 Å². The van der Waals surface area contributed by atoms with Gasteiger partial charge in [-0.05, 0) is 61.4 Å². The third kappa shape index (κ3) is 5.09. The summed E-state index contributed by atoms with van der Waals surface area (Å²) >= 11 is 1.34. The van der Waals surface area contributed by atoms with Gasteiger partial charge < -0.3 is 9.15 Å². The minimum Gasteiger partial charge on any atom is -0.497 e. The summed E-state index contributed by atoms with van der Waals surface area (Å²) in [6, 6.07) is 11.3. The fourth-order valence-corrected chi connectivity index (χ4v) is 6.86. The maximum absolute atomic E-state index is 14.2. The first kappa shape index (κ1) is 25.3. The number of thiazole rings is 1. The van der Waals surface area contributed by atoms with Gasteiger partial charge in [-0.15, -0.1) is 0 Å². The number of aromatic nitrogens is 1. The summed E-state index contributed by atoms with van der Waals surface area (Å²) in [5.41, 5.74) is 0.719. The zero-order valence-electron chi connectivity index (χ0n) is 19.8. The van der Waals surface area contributed by atoms with Crippen molar-refractivity contribution >= 4 is 42.6 Å². The molecule has 0 spiro atoms. The Morgan fingerprint density at radius 3 is 2.68 bits per heavy atom. The molecule has 1 fully saturated rings. The monoisotopic (exact) mass is 547 g/mol. The number of piperidine rings is 1. The molecule has 1 amide bonds. The van der Waals surface area contributed by atoms with E-state index in [1.54, 1.807) is 30.2 Å². The van der Waals surface area contributed by atoms with Crippen molar-refractivity contribution < 1.29 is 31.1 Å². The van der Waals surface area contributed by atoms with Crippen LogP contribution < -0.4 is 9.64 Å². The number of anilines is 1. The number of halogens is 2. The van der Waals surface area contributed by atoms with Crippen LogP contribution in [0.15, 0.2) is 64.1 Å². The second-order valence-electron chi connectivity index (χ2n) is 8.59. The molecule has 4 aromatic rings. The highest BCUT2D eigenvalue weighted by Gasteiger charge is 2.36. The van der Waals surface area contributed by atoms with E-state index in [1.807, 2.05) is 12.1 Å². The number of carbonyl (C=O) groups is 1. The number of carbonyl (C=O) groups excluding carboxylic acids is 1. The van der Waals surface area contributed by atoms with Gasteiger partial charge in [0.1, 0.15) is 28.0 Å². The highest BCUT2D eigenvalue weighted by molar-refractivity contribution is 7.89. The molecule has 0 bridgehead atoms. The van der Waals surface area contributed by atoms with Crippen molar-refractivity contribution in [3.8, 4) is 5.75 Å². The number of rotatable bonds is 7. The maximum Gasteiger partial charge on any atom is 0.246 e. The van der Waals surface area contributed by atoms with E-state index in [2.05, 4.69) is 4.98 Å². The molecule has 0 N–H and O–H groups in total. The predicted octanol–water partition coefficient (Wildman–Crippen LogP) is 4.81. The first-order valence-corrected chi connectivity index (χ1v) is 13.8. The second kappa shape index (κ2) is 10.2. The molecule has 0 saturated carbocycles. The molecule has 3 heterocycles. The number of sulfonamides is 1. The average Bonchev–Trinajstić information content (AvgIpc) is 3.57. The number of hydrogen-bond donors (Lipinski definition) is 0. The van der Waals surface area contributed by atoms with Crippen LogP contribution in [0.2, 0.25) is 0 Å². The third-order valence-electron chi connectivity index (χ3n) is 6.29. The summed E-state index contributed by atoms with van der Waals surface area (Å²) in [6.07, 6.45) is 1.97. The van der Waals surface area contributed by atoms with Gasteiger partial charge in [0.15, 0.2) is 5.13 Å². The predicted molar refractivity (Wildman–Crippen MR) is 134 cm³/mol. The van der Waals surface area contributed by atoms with Gasteiger partial charge in [-0.3, -0.25) is 9.69 Å². The molecule has 37 heavy (non-hydrogen) atoms. The van der Waals surface area contributed by atoms with E-state index >= 15 is 0 Å². The molecule has 5 rings (SSSR count). The van der Waals surface area contributed by atoms with Crippen LogP contribution in [0.1, 0.15) is 18.6 Å². The number of benzene rings is 2. The van der Waals surface area contributed by atoms with Gasteiger partial charge in [-0.2, -0.15) is 4.31 Å². The van der Waals surface area contributed by atoms with Crippen LogP contribution in [0, 0.1) is 17.6 Å². The van der Waals surface area contributed by atoms with Crippen molar-refractivity contribution in [1.29, 1.82) is 0 Å². The zero-order valence-corrected chi connectivity index (χ0v) is 21.4. The van der Waals surface area contributed by atoms with E-state index in [-0.39, 0.29) is 38.4 Å². The normalized spacial score (nSPS) is 15.2. The van der Waals surface area contributed by atoms with Gasteiger partial charge >= 0.3 is 0 Å². The van der Waals surface area contributed by atoms with Gasteiger partial charge in [0.2, 0.25) is 15.9 Å². The molecule has 0 aliphatic carbocycles. The molecular formula is C25H23F2N3O5S2. The van der Waals surface area contributed by atoms with Crippen LogP contribution in [-0.4, -0.2) is 43.8 Å². The lowest BCUT2D eigenvalue weighted by Gasteiger charge is -2.32. The summed E-state index contributed by atoms with van der Waals surface area (Å²) in [5, 5.41) is 0.488. The Labute approximate surface area is 216 Å². The number of fused-ring (bicyclic) bond motifs is 1. The average molecular weight is 548 g/mol. The van der Waals surface area contributed by atoms with Gasteiger partial charge in [-0.25, -0.2) is 22.2 Å². The molecule has 1 saturated heterocycles. The molecule has 2 aromatic heterocycles. The van der Waals surface area contributed by atoms with Crippen LogP contribution in [0.5, 0.6) is 5.75 Å². The highest BCUT2D eigenvalue weighted by atomic mass is 32.2. The van der Waals surface area contributed by atoms with E-state index in [0.717, 1.165) is 26.7 Å². The lowest BCUT2D eigenvalue weighted by atomic mass is 9.96. The minimum absolute atomic E-state index is 0.000326. The molecule has 0 unspecified atom stereocenters. The van der Waals surface area contributed by atoms with E-state index in [9.17, 15) is 22.0 Å². The Morgan fingerprint density at radius 2 is 1.97 bits per heavy atom. The summed E-state index contributed by atoms with van der Waals surface area (Å²) in [5.74, 6) is -1.30. The van der Waals surface area contributed by atoms with Crippen molar-refractivity contribution in [2.75, 3.05) is 25.1 Å². The lowest BCUT2D eigenvalue weighted by Crippen LogP contribution is -2.44. The first-order chi connectivity index (χ1) is 17.8. The van der Waals surface area contributed by atoms with Crippen molar-refractivity contribution in [2.24, 2.45) is 5.92 Å². The van der Waals surface area contributed by atoms with E-state index in [0.29, 0.717) is 22.7 Å². The Morgan fingerprint density at radius 1 is 1.19 bits per heavy atom. The van der Waals surface area contributed by atoms with Crippen molar-refractivity contribution in [2.45, 2.75) is 24.3 Å². The topological polar surface area (TPSA) is 92.9 Å². The zero-order chi connectivity index (χ0) is 26.2. The van der Waals surface area contributed by atoms with E-state index in [1.165, 1.54) is 17.6 Å². The SMILES string of the molecule is COc1ccc2nc(N(Cc3ccco3)C(=O)C3CCN(S(=O)(=O)c4cc(F)ccc4F)CC3)sc2c1. The number of ether oxygens (including phenoxy) is 1. The molecule has 194 valence electrons. The molecule has 2 aromatic carbocycles. The number of amides is 1. The van der Waals surface area contributed by atoms with Gasteiger partial charge in [0, 0.05) is 19.0 Å². The summed E-state index contributed by atoms with van der Waals surface area (Å²) in [7, 11) is -2.67. The Kier molecular flexibility index (Phi) is 6.97. The van der Waals surface area contributed by atoms with Crippen LogP contribution in [-0.2, 0) is 21.4 Å². The third-order valence-corrected chi connectivity index (χ3v) is 9.24. The van der Waals surface area contributed by atoms with E-state index < -0.39 is 32.5 Å². The minimum atomic E-state index is -4.25. The number of hydrogen-bond acceptors (Lipinski definition) is 7. The molecular weight excluding hydrogens is 524 g/mol. The standard InChI is InChI=1S/C25H23F2N3O5S2/c1-34-18-5-7-21-22(14-18)36-25(28-21)30(15-19-3-2-12-35-19)24(31)16-8-10-29(11-9-16)37(32,33)23-13-17(26)4-6-20(23)27/h2-7,12-14,16H,8-11,15H2,1H3. The molecule has 0 atom stereocenters. The number of furan rings is 1. The van der Waals surface area contributed by atoms with E-state index in [4.69, 9.17) is 9.15 Å². The summed E-state index contributed by atoms with van der Waals surface area (Å²) in [6.45, 7) is 0.163. The van der Waals surface area contributed by atoms with Gasteiger partial charge in [0.25, 0.3) is 0 Å². The molecule has 1 aliphatic heterocycles. The quantitative estimate of drug-likeness (QED) is 0.330. The van der Waals surface area contributed by atoms with Gasteiger partial charge in [-0.1, -0.05) is 11.3 Å². The molecule has 12 heteroatoms. The first-order valence-electron chi connectivity index (χ1n) is 11.5. The Balaban J connectivity index is 1.37. The molecule has 1 aliphatic rings. The fraction of sp³-hybridized carbons (Fsp3) is 0.280. The smallest absolute Gasteiger partial charge is 0.246 e. The van der Waals surface area contributed by atoms with Crippen molar-refractivity contribution in [3.63, 3.8) is 0 Å². The Hall–Kier alpha value is -3.35.